The summed E-state index contributed by atoms with van der Waals surface area (Å²) in [6.45, 7) is 1.87. The van der Waals surface area contributed by atoms with Crippen molar-refractivity contribution in [3.63, 3.8) is 0 Å². The first-order valence-electron chi connectivity index (χ1n) is 12.5. The van der Waals surface area contributed by atoms with E-state index in [4.69, 9.17) is 4.74 Å². The number of aliphatic carboxylic acids is 1. The van der Waals surface area contributed by atoms with Gasteiger partial charge in [0.25, 0.3) is 0 Å². The average Bonchev–Trinajstić information content (AvgIpc) is 3.54. The van der Waals surface area contributed by atoms with Gasteiger partial charge in [0.2, 0.25) is 5.91 Å². The molecule has 0 heterocycles. The maximum absolute atomic E-state index is 12.6. The van der Waals surface area contributed by atoms with Crippen LogP contribution < -0.4 is 10.6 Å². The summed E-state index contributed by atoms with van der Waals surface area (Å²) < 4.78 is 5.65. The molecule has 0 spiro atoms. The molecule has 2 fully saturated rings. The van der Waals surface area contributed by atoms with Crippen LogP contribution >= 0.6 is 0 Å². The minimum atomic E-state index is -1.19. The molecule has 2 amide bonds. The minimum Gasteiger partial charge on any atom is -0.480 e. The van der Waals surface area contributed by atoms with Crippen LogP contribution in [0.5, 0.6) is 0 Å². The Morgan fingerprint density at radius 2 is 1.60 bits per heavy atom. The largest absolute Gasteiger partial charge is 0.480 e. The fraction of sp³-hybridized carbons (Fsp3) is 0.464. The monoisotopic (exact) mass is 476 g/mol. The van der Waals surface area contributed by atoms with Crippen molar-refractivity contribution in [2.24, 2.45) is 11.8 Å². The number of carboxylic acid groups (broad SMARTS) is 1. The summed E-state index contributed by atoms with van der Waals surface area (Å²) in [5.74, 6) is -1.06. The molecule has 3 atom stereocenters. The third-order valence-electron chi connectivity index (χ3n) is 7.92. The molecule has 2 saturated carbocycles. The van der Waals surface area contributed by atoms with Gasteiger partial charge in [-0.25, -0.2) is 9.59 Å². The highest BCUT2D eigenvalue weighted by Crippen LogP contribution is 2.44. The van der Waals surface area contributed by atoms with E-state index in [-0.39, 0.29) is 42.7 Å². The summed E-state index contributed by atoms with van der Waals surface area (Å²) in [6, 6.07) is 16.4. The van der Waals surface area contributed by atoms with Crippen molar-refractivity contribution in [3.8, 4) is 11.1 Å². The summed E-state index contributed by atoms with van der Waals surface area (Å²) in [5, 5.41) is 15.3. The average molecular weight is 477 g/mol. The number of hydrogen-bond donors (Lipinski definition) is 3. The third-order valence-corrected chi connectivity index (χ3v) is 7.92. The Balaban J connectivity index is 1.11. The molecule has 0 aromatic heterocycles. The highest BCUT2D eigenvalue weighted by Gasteiger charge is 2.48. The molecule has 0 saturated heterocycles. The van der Waals surface area contributed by atoms with Gasteiger partial charge in [-0.2, -0.15) is 0 Å². The fourth-order valence-corrected chi connectivity index (χ4v) is 5.79. The van der Waals surface area contributed by atoms with E-state index in [0.29, 0.717) is 6.42 Å². The second kappa shape index (κ2) is 9.36. The second-order valence-corrected chi connectivity index (χ2v) is 10.4. The lowest BCUT2D eigenvalue weighted by Crippen LogP contribution is -2.54. The van der Waals surface area contributed by atoms with E-state index < -0.39 is 17.6 Å². The van der Waals surface area contributed by atoms with E-state index in [2.05, 4.69) is 34.9 Å². The topological polar surface area (TPSA) is 105 Å². The molecule has 0 aliphatic heterocycles. The first-order chi connectivity index (χ1) is 16.8. The molecule has 2 aromatic carbocycles. The highest BCUT2D eigenvalue weighted by atomic mass is 16.5. The number of carboxylic acids is 1. The first kappa shape index (κ1) is 23.4. The molecule has 184 valence electrons. The van der Waals surface area contributed by atoms with Crippen LogP contribution in [-0.2, 0) is 14.3 Å². The van der Waals surface area contributed by atoms with Crippen molar-refractivity contribution in [2.75, 3.05) is 6.61 Å². The molecule has 0 radical (unpaired) electrons. The zero-order valence-electron chi connectivity index (χ0n) is 20.0. The number of fused-ring (bicyclic) bond motifs is 3. The van der Waals surface area contributed by atoms with Gasteiger partial charge in [-0.3, -0.25) is 4.79 Å². The summed E-state index contributed by atoms with van der Waals surface area (Å²) in [4.78, 5) is 36.8. The predicted octanol–water partition coefficient (Wildman–Crippen LogP) is 4.45. The van der Waals surface area contributed by atoms with Crippen LogP contribution in [0.1, 0.15) is 62.5 Å². The highest BCUT2D eigenvalue weighted by molar-refractivity contribution is 5.87. The molecule has 3 N–H and O–H groups in total. The molecule has 3 aliphatic rings. The SMILES string of the molecule is CC(NC(=O)CC1CCC(NC(=O)OCC2c3ccccc3-c3ccccc32)C1)(C(=O)O)C1CC1. The van der Waals surface area contributed by atoms with Crippen LogP contribution in [-0.4, -0.2) is 41.3 Å². The Bertz CT molecular complexity index is 1100. The maximum atomic E-state index is 12.6. The van der Waals surface area contributed by atoms with Crippen molar-refractivity contribution in [2.45, 2.75) is 62.9 Å². The van der Waals surface area contributed by atoms with Crippen LogP contribution in [0.2, 0.25) is 0 Å². The van der Waals surface area contributed by atoms with Gasteiger partial charge in [0.1, 0.15) is 12.1 Å². The number of carbonyl (C=O) groups excluding carboxylic acids is 2. The van der Waals surface area contributed by atoms with Crippen molar-refractivity contribution in [3.05, 3.63) is 59.7 Å². The standard InChI is InChI=1S/C28H32N2O5/c1-28(26(32)33,18-11-12-18)30-25(31)15-17-10-13-19(14-17)29-27(34)35-16-24-22-8-4-2-6-20(22)21-7-3-5-9-23(21)24/h2-9,17-19,24H,10-16H2,1H3,(H,29,34)(H,30,31)(H,32,33). The third kappa shape index (κ3) is 4.77. The van der Waals surface area contributed by atoms with Crippen molar-refractivity contribution < 1.29 is 24.2 Å². The Morgan fingerprint density at radius 3 is 2.20 bits per heavy atom. The van der Waals surface area contributed by atoms with Crippen molar-refractivity contribution in [1.82, 2.24) is 10.6 Å². The van der Waals surface area contributed by atoms with E-state index in [1.54, 1.807) is 6.92 Å². The van der Waals surface area contributed by atoms with Gasteiger partial charge in [0.05, 0.1) is 0 Å². The van der Waals surface area contributed by atoms with Gasteiger partial charge < -0.3 is 20.5 Å². The summed E-state index contributed by atoms with van der Waals surface area (Å²) in [7, 11) is 0. The van der Waals surface area contributed by atoms with E-state index in [9.17, 15) is 19.5 Å². The maximum Gasteiger partial charge on any atom is 0.407 e. The number of nitrogens with one attached hydrogen (secondary N) is 2. The molecule has 2 aromatic rings. The molecule has 5 rings (SSSR count). The molecule has 35 heavy (non-hydrogen) atoms. The Morgan fingerprint density at radius 1 is 0.971 bits per heavy atom. The summed E-state index contributed by atoms with van der Waals surface area (Å²) >= 11 is 0. The fourth-order valence-electron chi connectivity index (χ4n) is 5.79. The lowest BCUT2D eigenvalue weighted by Gasteiger charge is -2.26. The molecule has 7 heteroatoms. The van der Waals surface area contributed by atoms with Gasteiger partial charge >= 0.3 is 12.1 Å². The molecule has 0 bridgehead atoms. The number of ether oxygens (including phenoxy) is 1. The van der Waals surface area contributed by atoms with E-state index in [1.807, 2.05) is 24.3 Å². The van der Waals surface area contributed by atoms with E-state index in [0.717, 1.165) is 25.7 Å². The van der Waals surface area contributed by atoms with Crippen molar-refractivity contribution in [1.29, 1.82) is 0 Å². The molecule has 7 nitrogen and oxygen atoms in total. The van der Waals surface area contributed by atoms with Gasteiger partial charge in [-0.1, -0.05) is 48.5 Å². The normalized spacial score (nSPS) is 22.5. The number of benzene rings is 2. The van der Waals surface area contributed by atoms with Crippen molar-refractivity contribution >= 4 is 18.0 Å². The summed E-state index contributed by atoms with van der Waals surface area (Å²) in [5.41, 5.74) is 3.54. The Kier molecular flexibility index (Phi) is 6.26. The van der Waals surface area contributed by atoms with E-state index in [1.165, 1.54) is 22.3 Å². The molecule has 3 unspecified atom stereocenters. The Labute approximate surface area is 205 Å². The zero-order valence-corrected chi connectivity index (χ0v) is 20.0. The van der Waals surface area contributed by atoms with Crippen LogP contribution in [0.15, 0.2) is 48.5 Å². The molecular weight excluding hydrogens is 444 g/mol. The van der Waals surface area contributed by atoms with Gasteiger partial charge in [0, 0.05) is 18.4 Å². The zero-order chi connectivity index (χ0) is 24.6. The van der Waals surface area contributed by atoms with Crippen LogP contribution in [0.25, 0.3) is 11.1 Å². The van der Waals surface area contributed by atoms with Gasteiger partial charge in [-0.05, 0) is 73.1 Å². The second-order valence-electron chi connectivity index (χ2n) is 10.4. The number of carbonyl (C=O) groups is 3. The smallest absolute Gasteiger partial charge is 0.407 e. The van der Waals surface area contributed by atoms with E-state index >= 15 is 0 Å². The van der Waals surface area contributed by atoms with Gasteiger partial charge in [-0.15, -0.1) is 0 Å². The predicted molar refractivity (Wildman–Crippen MR) is 131 cm³/mol. The van der Waals surface area contributed by atoms with Gasteiger partial charge in [0.15, 0.2) is 0 Å². The number of amides is 2. The van der Waals surface area contributed by atoms with Crippen LogP contribution in [0.4, 0.5) is 4.79 Å². The number of hydrogen-bond acceptors (Lipinski definition) is 4. The molecule has 3 aliphatic carbocycles. The minimum absolute atomic E-state index is 0.00973. The van der Waals surface area contributed by atoms with Crippen LogP contribution in [0, 0.1) is 11.8 Å². The lowest BCUT2D eigenvalue weighted by molar-refractivity contribution is -0.148. The quantitative estimate of drug-likeness (QED) is 0.522. The number of rotatable bonds is 8. The van der Waals surface area contributed by atoms with Crippen LogP contribution in [0.3, 0.4) is 0 Å². The Hall–Kier alpha value is -3.35. The number of alkyl carbamates (subject to hydrolysis) is 1. The first-order valence-corrected chi connectivity index (χ1v) is 12.5. The lowest BCUT2D eigenvalue weighted by atomic mass is 9.94. The molecular formula is C28H32N2O5. The summed E-state index contributed by atoms with van der Waals surface area (Å²) in [6.07, 6.45) is 3.78.